The van der Waals surface area contributed by atoms with Crippen molar-refractivity contribution in [2.24, 2.45) is 10.9 Å². The number of halogens is 1. The van der Waals surface area contributed by atoms with Crippen LogP contribution in [0.5, 0.6) is 0 Å². The molecule has 26 heavy (non-hydrogen) atoms. The topological polar surface area (TPSA) is 65.9 Å². The largest absolute Gasteiger partial charge is 0.389 e. The fraction of sp³-hybridized carbons (Fsp3) is 0.650. The van der Waals surface area contributed by atoms with Gasteiger partial charge in [-0.25, -0.2) is 0 Å². The number of nitrogens with one attached hydrogen (secondary N) is 2. The summed E-state index contributed by atoms with van der Waals surface area (Å²) < 4.78 is 5.75. The zero-order chi connectivity index (χ0) is 18.5. The van der Waals surface area contributed by atoms with Crippen molar-refractivity contribution < 1.29 is 9.84 Å². The highest BCUT2D eigenvalue weighted by atomic mass is 127. The predicted octanol–water partition coefficient (Wildman–Crippen LogP) is 3.73. The van der Waals surface area contributed by atoms with E-state index in [2.05, 4.69) is 29.5 Å². The third kappa shape index (κ3) is 11.7. The molecule has 0 saturated heterocycles. The maximum absolute atomic E-state index is 10.1. The molecule has 0 aliphatic carbocycles. The summed E-state index contributed by atoms with van der Waals surface area (Å²) in [5.41, 5.74) is 1.11. The molecule has 2 unspecified atom stereocenters. The Kier molecular flexibility index (Phi) is 14.7. The average Bonchev–Trinajstić information content (AvgIpc) is 2.61. The summed E-state index contributed by atoms with van der Waals surface area (Å²) in [5.74, 6) is 1.47. The van der Waals surface area contributed by atoms with E-state index >= 15 is 0 Å². The van der Waals surface area contributed by atoms with Gasteiger partial charge in [-0.2, -0.15) is 0 Å². The molecule has 0 radical (unpaired) electrons. The lowest BCUT2D eigenvalue weighted by molar-refractivity contribution is 0.00111. The van der Waals surface area contributed by atoms with Gasteiger partial charge in [0, 0.05) is 13.1 Å². The van der Waals surface area contributed by atoms with Crippen LogP contribution in [-0.4, -0.2) is 43.4 Å². The Hall–Kier alpha value is -0.860. The molecule has 0 bridgehead atoms. The van der Waals surface area contributed by atoms with E-state index in [-0.39, 0.29) is 36.7 Å². The van der Waals surface area contributed by atoms with Gasteiger partial charge in [-0.1, -0.05) is 44.2 Å². The molecule has 3 N–H and O–H groups in total. The summed E-state index contributed by atoms with van der Waals surface area (Å²) in [6.07, 6.45) is 1.65. The van der Waals surface area contributed by atoms with Gasteiger partial charge in [0.2, 0.25) is 0 Å². The van der Waals surface area contributed by atoms with Gasteiger partial charge < -0.3 is 20.5 Å². The summed E-state index contributed by atoms with van der Waals surface area (Å²) in [4.78, 5) is 4.45. The van der Waals surface area contributed by atoms with Gasteiger partial charge >= 0.3 is 0 Å². The van der Waals surface area contributed by atoms with Crippen LogP contribution in [0, 0.1) is 5.92 Å². The molecule has 150 valence electrons. The van der Waals surface area contributed by atoms with Crippen molar-refractivity contribution in [2.45, 2.75) is 52.7 Å². The molecule has 1 aromatic carbocycles. The third-order valence-corrected chi connectivity index (χ3v) is 3.86. The van der Waals surface area contributed by atoms with Crippen LogP contribution >= 0.6 is 24.0 Å². The minimum Gasteiger partial charge on any atom is -0.389 e. The van der Waals surface area contributed by atoms with E-state index in [1.165, 1.54) is 6.42 Å². The molecule has 0 heterocycles. The lowest BCUT2D eigenvalue weighted by Crippen LogP contribution is -2.38. The lowest BCUT2D eigenvalue weighted by atomic mass is 10.1. The van der Waals surface area contributed by atoms with E-state index < -0.39 is 6.10 Å². The van der Waals surface area contributed by atoms with Crippen LogP contribution in [0.1, 0.15) is 52.2 Å². The standard InChI is InChI=1S/C20H35N3O2.HI/c1-5-21-20(22-13-9-10-16(2)3)23-14-19(24)15-25-17(4)18-11-7-6-8-12-18;/h6-8,11-12,16-17,19,24H,5,9-10,13-15H2,1-4H3,(H2,21,22,23);1H. The Morgan fingerprint density at radius 3 is 2.46 bits per heavy atom. The van der Waals surface area contributed by atoms with Crippen LogP contribution in [0.4, 0.5) is 0 Å². The number of guanidine groups is 1. The molecule has 2 atom stereocenters. The number of rotatable bonds is 11. The van der Waals surface area contributed by atoms with Crippen molar-refractivity contribution in [1.29, 1.82) is 0 Å². The van der Waals surface area contributed by atoms with Crippen LogP contribution in [0.3, 0.4) is 0 Å². The molecule has 0 saturated carbocycles. The van der Waals surface area contributed by atoms with Gasteiger partial charge in [0.15, 0.2) is 5.96 Å². The third-order valence-electron chi connectivity index (χ3n) is 3.86. The SMILES string of the molecule is CCNC(=NCC(O)COC(C)c1ccccc1)NCCCC(C)C.I. The highest BCUT2D eigenvalue weighted by Crippen LogP contribution is 2.15. The van der Waals surface area contributed by atoms with Crippen molar-refractivity contribution in [3.8, 4) is 0 Å². The quantitative estimate of drug-likeness (QED) is 0.197. The smallest absolute Gasteiger partial charge is 0.191 e. The number of hydrogen-bond acceptors (Lipinski definition) is 3. The Bertz CT molecular complexity index is 483. The number of hydrogen-bond donors (Lipinski definition) is 3. The first-order chi connectivity index (χ1) is 12.0. The molecule has 0 amide bonds. The van der Waals surface area contributed by atoms with E-state index in [1.807, 2.05) is 44.2 Å². The number of benzene rings is 1. The maximum Gasteiger partial charge on any atom is 0.191 e. The number of aliphatic hydroxyl groups is 1. The summed E-state index contributed by atoms with van der Waals surface area (Å²) in [6.45, 7) is 10.8. The first-order valence-corrected chi connectivity index (χ1v) is 9.39. The highest BCUT2D eigenvalue weighted by Gasteiger charge is 2.10. The van der Waals surface area contributed by atoms with Crippen molar-refractivity contribution >= 4 is 29.9 Å². The van der Waals surface area contributed by atoms with Crippen molar-refractivity contribution in [2.75, 3.05) is 26.2 Å². The second-order valence-corrected chi connectivity index (χ2v) is 6.72. The number of ether oxygens (including phenoxy) is 1. The Morgan fingerprint density at radius 1 is 1.15 bits per heavy atom. The molecule has 5 nitrogen and oxygen atoms in total. The molecule has 0 aliphatic rings. The average molecular weight is 477 g/mol. The fourth-order valence-corrected chi connectivity index (χ4v) is 2.38. The van der Waals surface area contributed by atoms with Gasteiger partial charge in [-0.15, -0.1) is 24.0 Å². The fourth-order valence-electron chi connectivity index (χ4n) is 2.38. The first-order valence-electron chi connectivity index (χ1n) is 9.39. The summed E-state index contributed by atoms with van der Waals surface area (Å²) in [7, 11) is 0. The molecule has 0 fully saturated rings. The number of nitrogens with zero attached hydrogens (tertiary/aromatic N) is 1. The van der Waals surface area contributed by atoms with Crippen LogP contribution in [0.2, 0.25) is 0 Å². The van der Waals surface area contributed by atoms with Gasteiger partial charge in [0.25, 0.3) is 0 Å². The molecule has 0 aromatic heterocycles. The van der Waals surface area contributed by atoms with E-state index in [9.17, 15) is 5.11 Å². The number of aliphatic hydroxyl groups excluding tert-OH is 1. The molecular formula is C20H36IN3O2. The minimum absolute atomic E-state index is 0. The molecule has 1 rings (SSSR count). The molecule has 0 spiro atoms. The van der Waals surface area contributed by atoms with Gasteiger partial charge in [-0.3, -0.25) is 4.99 Å². The van der Waals surface area contributed by atoms with Crippen molar-refractivity contribution in [3.05, 3.63) is 35.9 Å². The summed E-state index contributed by atoms with van der Waals surface area (Å²) in [6, 6.07) is 10.0. The normalized spacial score (nSPS) is 13.8. The monoisotopic (exact) mass is 477 g/mol. The Morgan fingerprint density at radius 2 is 1.85 bits per heavy atom. The van der Waals surface area contributed by atoms with Crippen LogP contribution in [0.15, 0.2) is 35.3 Å². The highest BCUT2D eigenvalue weighted by molar-refractivity contribution is 14.0. The van der Waals surface area contributed by atoms with E-state index in [1.54, 1.807) is 0 Å². The second kappa shape index (κ2) is 15.2. The summed E-state index contributed by atoms with van der Waals surface area (Å²) >= 11 is 0. The predicted molar refractivity (Wildman–Crippen MR) is 120 cm³/mol. The maximum atomic E-state index is 10.1. The van der Waals surface area contributed by atoms with Crippen molar-refractivity contribution in [3.63, 3.8) is 0 Å². The van der Waals surface area contributed by atoms with Crippen LogP contribution < -0.4 is 10.6 Å². The summed E-state index contributed by atoms with van der Waals surface area (Å²) in [5, 5.41) is 16.6. The Labute approximate surface area is 176 Å². The van der Waals surface area contributed by atoms with E-state index in [0.717, 1.165) is 31.0 Å². The van der Waals surface area contributed by atoms with Crippen LogP contribution in [-0.2, 0) is 4.74 Å². The minimum atomic E-state index is -0.614. The first kappa shape index (κ1) is 25.1. The molecule has 1 aromatic rings. The number of aliphatic imine (C=N–C) groups is 1. The van der Waals surface area contributed by atoms with Gasteiger partial charge in [-0.05, 0) is 38.2 Å². The lowest BCUT2D eigenvalue weighted by Gasteiger charge is -2.17. The van der Waals surface area contributed by atoms with E-state index in [0.29, 0.717) is 12.5 Å². The van der Waals surface area contributed by atoms with Gasteiger partial charge in [0.05, 0.1) is 25.4 Å². The zero-order valence-electron chi connectivity index (χ0n) is 16.6. The zero-order valence-corrected chi connectivity index (χ0v) is 18.9. The second-order valence-electron chi connectivity index (χ2n) is 6.72. The molecular weight excluding hydrogens is 441 g/mol. The van der Waals surface area contributed by atoms with Crippen molar-refractivity contribution in [1.82, 2.24) is 10.6 Å². The van der Waals surface area contributed by atoms with Gasteiger partial charge in [0.1, 0.15) is 0 Å². The van der Waals surface area contributed by atoms with Crippen LogP contribution in [0.25, 0.3) is 0 Å². The van der Waals surface area contributed by atoms with E-state index in [4.69, 9.17) is 4.74 Å². The Balaban J connectivity index is 0.00000625. The molecule has 0 aliphatic heterocycles. The molecule has 6 heteroatoms.